The lowest BCUT2D eigenvalue weighted by Gasteiger charge is -2.12. The highest BCUT2D eigenvalue weighted by Crippen LogP contribution is 2.24. The molecule has 0 radical (unpaired) electrons. The van der Waals surface area contributed by atoms with Gasteiger partial charge in [-0.3, -0.25) is 4.79 Å². The van der Waals surface area contributed by atoms with Gasteiger partial charge >= 0.3 is 0 Å². The highest BCUT2D eigenvalue weighted by Gasteiger charge is 2.13. The molecule has 0 saturated carbocycles. The Kier molecular flexibility index (Phi) is 3.36. The summed E-state index contributed by atoms with van der Waals surface area (Å²) >= 11 is 0. The minimum atomic E-state index is -0.0997. The number of rotatable bonds is 4. The molecule has 0 unspecified atom stereocenters. The topological polar surface area (TPSA) is 67.6 Å². The summed E-state index contributed by atoms with van der Waals surface area (Å²) in [6, 6.07) is 5.80. The summed E-state index contributed by atoms with van der Waals surface area (Å²) in [6.45, 7) is 0.195. The van der Waals surface area contributed by atoms with Crippen LogP contribution in [-0.4, -0.2) is 38.6 Å². The van der Waals surface area contributed by atoms with Gasteiger partial charge in [0.2, 0.25) is 5.91 Å². The zero-order valence-electron chi connectivity index (χ0n) is 10.6. The third kappa shape index (κ3) is 2.37. The van der Waals surface area contributed by atoms with Gasteiger partial charge in [-0.05, 0) is 12.1 Å². The van der Waals surface area contributed by atoms with Gasteiger partial charge in [-0.25, -0.2) is 0 Å². The molecule has 2 aromatic rings. The SMILES string of the molecule is CNC(=O)CN(C)c1nc2ccc(OC)cc2o1. The number of aromatic nitrogens is 1. The molecule has 0 aliphatic heterocycles. The second kappa shape index (κ2) is 4.95. The molecule has 0 fully saturated rings. The van der Waals surface area contributed by atoms with Gasteiger partial charge in [-0.15, -0.1) is 0 Å². The van der Waals surface area contributed by atoms with Crippen molar-refractivity contribution in [1.82, 2.24) is 10.3 Å². The van der Waals surface area contributed by atoms with Crippen LogP contribution in [0.15, 0.2) is 22.6 Å². The van der Waals surface area contributed by atoms with Gasteiger partial charge < -0.3 is 19.4 Å². The standard InChI is InChI=1S/C12H15N3O3/c1-13-11(16)7-15(2)12-14-9-5-4-8(17-3)6-10(9)18-12/h4-6H,7H2,1-3H3,(H,13,16). The zero-order valence-corrected chi connectivity index (χ0v) is 10.6. The molecule has 0 saturated heterocycles. The summed E-state index contributed by atoms with van der Waals surface area (Å²) in [5, 5.41) is 2.55. The number of anilines is 1. The van der Waals surface area contributed by atoms with E-state index in [0.29, 0.717) is 17.3 Å². The Balaban J connectivity index is 2.26. The highest BCUT2D eigenvalue weighted by atomic mass is 16.5. The van der Waals surface area contributed by atoms with Crippen molar-refractivity contribution < 1.29 is 13.9 Å². The number of fused-ring (bicyclic) bond motifs is 1. The number of likely N-dealkylation sites (N-methyl/N-ethyl adjacent to an activating group) is 2. The van der Waals surface area contributed by atoms with E-state index in [0.717, 1.165) is 5.52 Å². The minimum absolute atomic E-state index is 0.0997. The van der Waals surface area contributed by atoms with Crippen LogP contribution in [0.4, 0.5) is 6.01 Å². The van der Waals surface area contributed by atoms with Crippen LogP contribution in [0.1, 0.15) is 0 Å². The predicted molar refractivity (Wildman–Crippen MR) is 67.9 cm³/mol. The number of benzene rings is 1. The lowest BCUT2D eigenvalue weighted by molar-refractivity contribution is -0.119. The Morgan fingerprint density at radius 3 is 3.00 bits per heavy atom. The molecule has 1 aromatic heterocycles. The molecule has 0 spiro atoms. The van der Waals surface area contributed by atoms with Gasteiger partial charge in [0.15, 0.2) is 5.58 Å². The van der Waals surface area contributed by atoms with Crippen molar-refractivity contribution in [3.8, 4) is 5.75 Å². The molecule has 96 valence electrons. The third-order valence-corrected chi connectivity index (χ3v) is 2.57. The summed E-state index contributed by atoms with van der Waals surface area (Å²) in [4.78, 5) is 17.2. The van der Waals surface area contributed by atoms with Crippen LogP contribution in [0.5, 0.6) is 5.75 Å². The highest BCUT2D eigenvalue weighted by molar-refractivity contribution is 5.81. The number of carbonyl (C=O) groups is 1. The lowest BCUT2D eigenvalue weighted by atomic mass is 10.3. The number of nitrogens with zero attached hydrogens (tertiary/aromatic N) is 2. The Hall–Kier alpha value is -2.24. The number of carbonyl (C=O) groups excluding carboxylic acids is 1. The molecule has 6 nitrogen and oxygen atoms in total. The maximum absolute atomic E-state index is 11.3. The van der Waals surface area contributed by atoms with E-state index >= 15 is 0 Å². The smallest absolute Gasteiger partial charge is 0.298 e. The van der Waals surface area contributed by atoms with Crippen molar-refractivity contribution in [3.63, 3.8) is 0 Å². The summed E-state index contributed by atoms with van der Waals surface area (Å²) in [6.07, 6.45) is 0. The van der Waals surface area contributed by atoms with E-state index < -0.39 is 0 Å². The van der Waals surface area contributed by atoms with Crippen LogP contribution in [-0.2, 0) is 4.79 Å². The van der Waals surface area contributed by atoms with Gasteiger partial charge in [0.1, 0.15) is 17.8 Å². The van der Waals surface area contributed by atoms with Crippen molar-refractivity contribution in [3.05, 3.63) is 18.2 Å². The Morgan fingerprint density at radius 2 is 2.33 bits per heavy atom. The second-order valence-corrected chi connectivity index (χ2v) is 3.86. The van der Waals surface area contributed by atoms with Crippen LogP contribution in [0.3, 0.4) is 0 Å². The van der Waals surface area contributed by atoms with Crippen LogP contribution >= 0.6 is 0 Å². The lowest BCUT2D eigenvalue weighted by Crippen LogP contribution is -2.33. The molecule has 18 heavy (non-hydrogen) atoms. The van der Waals surface area contributed by atoms with Gasteiger partial charge in [0, 0.05) is 20.2 Å². The molecule has 0 atom stereocenters. The van der Waals surface area contributed by atoms with E-state index in [1.807, 2.05) is 12.1 Å². The number of amides is 1. The number of ether oxygens (including phenoxy) is 1. The van der Waals surface area contributed by atoms with Crippen molar-refractivity contribution >= 4 is 23.0 Å². The fourth-order valence-electron chi connectivity index (χ4n) is 1.55. The third-order valence-electron chi connectivity index (χ3n) is 2.57. The Bertz CT molecular complexity index is 565. The molecular formula is C12H15N3O3. The first-order valence-corrected chi connectivity index (χ1v) is 5.50. The number of methoxy groups -OCH3 is 1. The van der Waals surface area contributed by atoms with Crippen LogP contribution in [0.25, 0.3) is 11.1 Å². The normalized spacial score (nSPS) is 10.4. The molecule has 1 heterocycles. The molecule has 0 aliphatic rings. The van der Waals surface area contributed by atoms with Gasteiger partial charge in [-0.2, -0.15) is 4.98 Å². The summed E-state index contributed by atoms with van der Waals surface area (Å²) in [7, 11) is 4.93. The first-order valence-electron chi connectivity index (χ1n) is 5.50. The number of oxazole rings is 1. The Morgan fingerprint density at radius 1 is 1.56 bits per heavy atom. The predicted octanol–water partition coefficient (Wildman–Crippen LogP) is 1.02. The van der Waals surface area contributed by atoms with Crippen molar-refractivity contribution in [1.29, 1.82) is 0 Å². The number of hydrogen-bond donors (Lipinski definition) is 1. The Labute approximate surface area is 105 Å². The minimum Gasteiger partial charge on any atom is -0.497 e. The maximum Gasteiger partial charge on any atom is 0.298 e. The van der Waals surface area contributed by atoms with Crippen LogP contribution < -0.4 is 15.0 Å². The molecule has 1 N–H and O–H groups in total. The number of hydrogen-bond acceptors (Lipinski definition) is 5. The van der Waals surface area contributed by atoms with E-state index in [9.17, 15) is 4.79 Å². The zero-order chi connectivity index (χ0) is 13.1. The number of nitrogens with one attached hydrogen (secondary N) is 1. The van der Waals surface area contributed by atoms with E-state index in [4.69, 9.17) is 9.15 Å². The van der Waals surface area contributed by atoms with Crippen LogP contribution in [0, 0.1) is 0 Å². The molecule has 0 aliphatic carbocycles. The summed E-state index contributed by atoms with van der Waals surface area (Å²) < 4.78 is 10.7. The van der Waals surface area contributed by atoms with E-state index in [2.05, 4.69) is 10.3 Å². The fraction of sp³-hybridized carbons (Fsp3) is 0.333. The quantitative estimate of drug-likeness (QED) is 0.876. The second-order valence-electron chi connectivity index (χ2n) is 3.86. The average Bonchev–Trinajstić information content (AvgIpc) is 2.81. The molecular weight excluding hydrogens is 234 g/mol. The van der Waals surface area contributed by atoms with E-state index in [1.54, 1.807) is 32.2 Å². The van der Waals surface area contributed by atoms with E-state index in [-0.39, 0.29) is 12.5 Å². The van der Waals surface area contributed by atoms with Crippen LogP contribution in [0.2, 0.25) is 0 Å². The van der Waals surface area contributed by atoms with Crippen molar-refractivity contribution in [2.24, 2.45) is 0 Å². The molecule has 1 aromatic carbocycles. The van der Waals surface area contributed by atoms with E-state index in [1.165, 1.54) is 0 Å². The summed E-state index contributed by atoms with van der Waals surface area (Å²) in [5.41, 5.74) is 1.36. The largest absolute Gasteiger partial charge is 0.497 e. The average molecular weight is 249 g/mol. The summed E-state index contributed by atoms with van der Waals surface area (Å²) in [5.74, 6) is 0.608. The fourth-order valence-corrected chi connectivity index (χ4v) is 1.55. The van der Waals surface area contributed by atoms with Gasteiger partial charge in [0.05, 0.1) is 7.11 Å². The molecule has 0 bridgehead atoms. The monoisotopic (exact) mass is 249 g/mol. The maximum atomic E-state index is 11.3. The molecule has 1 amide bonds. The van der Waals surface area contributed by atoms with Crippen molar-refractivity contribution in [2.75, 3.05) is 32.6 Å². The molecule has 2 rings (SSSR count). The first kappa shape index (κ1) is 12.2. The van der Waals surface area contributed by atoms with Crippen molar-refractivity contribution in [2.45, 2.75) is 0 Å². The van der Waals surface area contributed by atoms with Gasteiger partial charge in [0.25, 0.3) is 6.01 Å². The first-order chi connectivity index (χ1) is 8.63. The van der Waals surface area contributed by atoms with Gasteiger partial charge in [-0.1, -0.05) is 0 Å². The molecule has 6 heteroatoms.